The van der Waals surface area contributed by atoms with Crippen LogP contribution in [0.2, 0.25) is 0 Å². The lowest BCUT2D eigenvalue weighted by Gasteiger charge is -2.10. The minimum absolute atomic E-state index is 0.194. The quantitative estimate of drug-likeness (QED) is 0.876. The minimum Gasteiger partial charge on any atom is -0.477 e. The van der Waals surface area contributed by atoms with Crippen LogP contribution >= 0.6 is 11.3 Å². The summed E-state index contributed by atoms with van der Waals surface area (Å²) < 4.78 is 4.91. The maximum atomic E-state index is 12.3. The summed E-state index contributed by atoms with van der Waals surface area (Å²) in [6.07, 6.45) is 3.40. The molecular formula is C14H15N3O4S. The van der Waals surface area contributed by atoms with E-state index in [2.05, 4.69) is 15.5 Å². The summed E-state index contributed by atoms with van der Waals surface area (Å²) in [6, 6.07) is -0.383. The maximum Gasteiger partial charge on any atom is 0.347 e. The number of carboxylic acids is 1. The highest BCUT2D eigenvalue weighted by atomic mass is 32.1. The van der Waals surface area contributed by atoms with Crippen molar-refractivity contribution >= 4 is 23.2 Å². The highest BCUT2D eigenvalue weighted by molar-refractivity contribution is 7.13. The predicted molar refractivity (Wildman–Crippen MR) is 78.2 cm³/mol. The molecule has 0 radical (unpaired) electrons. The minimum atomic E-state index is -1.00. The third-order valence-corrected chi connectivity index (χ3v) is 4.86. The lowest BCUT2D eigenvalue weighted by Crippen LogP contribution is -2.27. The third kappa shape index (κ3) is 2.74. The number of aromatic carboxylic acids is 1. The van der Waals surface area contributed by atoms with Gasteiger partial charge >= 0.3 is 5.97 Å². The number of amides is 1. The van der Waals surface area contributed by atoms with E-state index in [-0.39, 0.29) is 16.8 Å². The van der Waals surface area contributed by atoms with E-state index in [1.807, 2.05) is 0 Å². The monoisotopic (exact) mass is 321 g/mol. The number of carbonyl (C=O) groups is 2. The molecule has 3 rings (SSSR count). The molecule has 2 aromatic heterocycles. The average molecular weight is 321 g/mol. The molecule has 2 N–H and O–H groups in total. The van der Waals surface area contributed by atoms with E-state index in [4.69, 9.17) is 9.63 Å². The highest BCUT2D eigenvalue weighted by Gasteiger charge is 2.32. The molecule has 0 bridgehead atoms. The first-order valence-electron chi connectivity index (χ1n) is 6.93. The van der Waals surface area contributed by atoms with Crippen molar-refractivity contribution in [3.05, 3.63) is 33.1 Å². The summed E-state index contributed by atoms with van der Waals surface area (Å²) >= 11 is 1.07. The number of thiazole rings is 1. The molecule has 2 aromatic rings. The van der Waals surface area contributed by atoms with E-state index in [0.717, 1.165) is 24.2 Å². The fourth-order valence-corrected chi connectivity index (χ4v) is 3.11. The van der Waals surface area contributed by atoms with E-state index in [1.54, 1.807) is 13.8 Å². The Morgan fingerprint density at radius 2 is 2.23 bits per heavy atom. The first-order valence-corrected chi connectivity index (χ1v) is 7.74. The highest BCUT2D eigenvalue weighted by Crippen LogP contribution is 2.40. The summed E-state index contributed by atoms with van der Waals surface area (Å²) in [7, 11) is 0. The second-order valence-corrected chi connectivity index (χ2v) is 6.39. The Balaban J connectivity index is 1.74. The molecule has 1 amide bonds. The van der Waals surface area contributed by atoms with Crippen LogP contribution in [0.15, 0.2) is 10.8 Å². The van der Waals surface area contributed by atoms with Crippen LogP contribution in [0.3, 0.4) is 0 Å². The Labute approximate surface area is 130 Å². The summed E-state index contributed by atoms with van der Waals surface area (Å²) in [5.41, 5.74) is 1.60. The van der Waals surface area contributed by atoms with Gasteiger partial charge in [0.2, 0.25) is 0 Å². The van der Waals surface area contributed by atoms with E-state index in [0.29, 0.717) is 27.9 Å². The predicted octanol–water partition coefficient (Wildman–Crippen LogP) is 2.51. The van der Waals surface area contributed by atoms with Crippen molar-refractivity contribution in [2.45, 2.75) is 38.6 Å². The van der Waals surface area contributed by atoms with Gasteiger partial charge in [0.25, 0.3) is 5.91 Å². The molecule has 1 unspecified atom stereocenters. The number of hydrogen-bond donors (Lipinski definition) is 2. The standard InChI is InChI=1S/C14H15N3O4S/c1-6-11(14(19)20)22-13(16-6)7(2)15-12(18)9-5-21-17-10(9)8-3-4-8/h5,7-8H,3-4H2,1-2H3,(H,15,18)(H,19,20). The molecule has 8 heteroatoms. The molecule has 1 atom stereocenters. The third-order valence-electron chi connectivity index (χ3n) is 3.53. The summed E-state index contributed by atoms with van der Waals surface area (Å²) in [5.74, 6) is -0.967. The molecule has 0 aromatic carbocycles. The first kappa shape index (κ1) is 14.7. The van der Waals surface area contributed by atoms with Gasteiger partial charge in [0.15, 0.2) is 0 Å². The number of rotatable bonds is 5. The summed E-state index contributed by atoms with van der Waals surface area (Å²) in [6.45, 7) is 3.41. The molecule has 1 aliphatic carbocycles. The van der Waals surface area contributed by atoms with Crippen molar-refractivity contribution in [3.8, 4) is 0 Å². The van der Waals surface area contributed by atoms with Gasteiger partial charge in [-0.15, -0.1) is 11.3 Å². The number of aryl methyl sites for hydroxylation is 1. The molecule has 0 saturated heterocycles. The zero-order valence-electron chi connectivity index (χ0n) is 12.1. The molecule has 0 aliphatic heterocycles. The maximum absolute atomic E-state index is 12.3. The Hall–Kier alpha value is -2.22. The number of nitrogens with zero attached hydrogens (tertiary/aromatic N) is 2. The van der Waals surface area contributed by atoms with Crippen LogP contribution in [0.1, 0.15) is 68.2 Å². The number of aromatic nitrogens is 2. The van der Waals surface area contributed by atoms with Crippen molar-refractivity contribution in [1.29, 1.82) is 0 Å². The molecule has 1 aliphatic rings. The Kier molecular flexibility index (Phi) is 3.69. The second-order valence-electron chi connectivity index (χ2n) is 5.35. The second kappa shape index (κ2) is 5.53. The molecule has 0 spiro atoms. The molecule has 1 fully saturated rings. The van der Waals surface area contributed by atoms with Gasteiger partial charge in [-0.3, -0.25) is 4.79 Å². The van der Waals surface area contributed by atoms with Gasteiger partial charge in [-0.25, -0.2) is 9.78 Å². The zero-order valence-corrected chi connectivity index (χ0v) is 12.9. The largest absolute Gasteiger partial charge is 0.477 e. The van der Waals surface area contributed by atoms with Crippen molar-refractivity contribution in [2.75, 3.05) is 0 Å². The van der Waals surface area contributed by atoms with Crippen LogP contribution in [0.25, 0.3) is 0 Å². The van der Waals surface area contributed by atoms with Crippen molar-refractivity contribution in [3.63, 3.8) is 0 Å². The van der Waals surface area contributed by atoms with E-state index in [1.165, 1.54) is 6.26 Å². The van der Waals surface area contributed by atoms with Crippen LogP contribution in [0, 0.1) is 6.92 Å². The Morgan fingerprint density at radius 3 is 2.82 bits per heavy atom. The van der Waals surface area contributed by atoms with Gasteiger partial charge in [0.05, 0.1) is 17.4 Å². The van der Waals surface area contributed by atoms with Gasteiger partial charge in [-0.05, 0) is 26.7 Å². The number of nitrogens with one attached hydrogen (secondary N) is 1. The fraction of sp³-hybridized carbons (Fsp3) is 0.429. The number of carboxylic acid groups (broad SMARTS) is 1. The van der Waals surface area contributed by atoms with Crippen molar-refractivity contribution < 1.29 is 19.2 Å². The average Bonchev–Trinajstić information content (AvgIpc) is 3.04. The zero-order chi connectivity index (χ0) is 15.9. The van der Waals surface area contributed by atoms with E-state index < -0.39 is 5.97 Å². The summed E-state index contributed by atoms with van der Waals surface area (Å²) in [4.78, 5) is 27.8. The smallest absolute Gasteiger partial charge is 0.347 e. The molecule has 7 nitrogen and oxygen atoms in total. The van der Waals surface area contributed by atoms with Gasteiger partial charge < -0.3 is 14.9 Å². The van der Waals surface area contributed by atoms with Crippen LogP contribution in [0.4, 0.5) is 0 Å². The molecule has 116 valence electrons. The first-order chi connectivity index (χ1) is 10.5. The SMILES string of the molecule is Cc1nc(C(C)NC(=O)c2conc2C2CC2)sc1C(=O)O. The topological polar surface area (TPSA) is 105 Å². The lowest BCUT2D eigenvalue weighted by atomic mass is 10.1. The van der Waals surface area contributed by atoms with Gasteiger partial charge in [-0.1, -0.05) is 5.16 Å². The van der Waals surface area contributed by atoms with Gasteiger partial charge in [0, 0.05) is 5.92 Å². The van der Waals surface area contributed by atoms with E-state index >= 15 is 0 Å². The van der Waals surface area contributed by atoms with Crippen LogP contribution < -0.4 is 5.32 Å². The van der Waals surface area contributed by atoms with Crippen LogP contribution in [0.5, 0.6) is 0 Å². The van der Waals surface area contributed by atoms with Crippen molar-refractivity contribution in [2.24, 2.45) is 0 Å². The van der Waals surface area contributed by atoms with Crippen LogP contribution in [-0.2, 0) is 0 Å². The van der Waals surface area contributed by atoms with Crippen molar-refractivity contribution in [1.82, 2.24) is 15.5 Å². The molecule has 1 saturated carbocycles. The Bertz CT molecular complexity index is 732. The lowest BCUT2D eigenvalue weighted by molar-refractivity contribution is 0.0701. The van der Waals surface area contributed by atoms with Gasteiger partial charge in [-0.2, -0.15) is 0 Å². The molecule has 2 heterocycles. The fourth-order valence-electron chi connectivity index (χ4n) is 2.20. The number of hydrogen-bond acceptors (Lipinski definition) is 6. The summed E-state index contributed by atoms with van der Waals surface area (Å²) in [5, 5.41) is 16.3. The Morgan fingerprint density at radius 1 is 1.50 bits per heavy atom. The number of carbonyl (C=O) groups excluding carboxylic acids is 1. The molecular weight excluding hydrogens is 306 g/mol. The van der Waals surface area contributed by atoms with Crippen LogP contribution in [-0.4, -0.2) is 27.1 Å². The van der Waals surface area contributed by atoms with Gasteiger partial charge in [0.1, 0.15) is 21.7 Å². The van der Waals surface area contributed by atoms with E-state index in [9.17, 15) is 9.59 Å². The molecule has 22 heavy (non-hydrogen) atoms. The normalized spacial score (nSPS) is 15.5.